The summed E-state index contributed by atoms with van der Waals surface area (Å²) >= 11 is 10.6. The number of nitrogens with one attached hydrogen (secondary N) is 1. The first-order valence-electron chi connectivity index (χ1n) is 5.94. The Kier molecular flexibility index (Phi) is 6.66. The molecular weight excluding hydrogens is 329 g/mol. The van der Waals surface area contributed by atoms with Crippen molar-refractivity contribution in [2.45, 2.75) is 6.18 Å². The fraction of sp³-hybridized carbons (Fsp3) is 0.417. The second-order valence-corrected chi connectivity index (χ2v) is 4.85. The highest BCUT2D eigenvalue weighted by Gasteiger charge is 2.33. The molecule has 0 heterocycles. The molecule has 0 aliphatic rings. The van der Waals surface area contributed by atoms with Crippen LogP contribution in [0.25, 0.3) is 0 Å². The largest absolute Gasteiger partial charge is 0.417 e. The van der Waals surface area contributed by atoms with Gasteiger partial charge in [-0.25, -0.2) is 0 Å². The molecule has 21 heavy (non-hydrogen) atoms. The van der Waals surface area contributed by atoms with Crippen LogP contribution in [0.5, 0.6) is 0 Å². The zero-order chi connectivity index (χ0) is 16.0. The lowest BCUT2D eigenvalue weighted by Gasteiger charge is -2.24. The van der Waals surface area contributed by atoms with E-state index in [-0.39, 0.29) is 37.1 Å². The third-order valence-corrected chi connectivity index (χ3v) is 3.24. The molecule has 0 fully saturated rings. The predicted molar refractivity (Wildman–Crippen MR) is 78.4 cm³/mol. The van der Waals surface area contributed by atoms with Gasteiger partial charge in [0.15, 0.2) is 5.11 Å². The van der Waals surface area contributed by atoms with E-state index < -0.39 is 16.8 Å². The van der Waals surface area contributed by atoms with Crippen molar-refractivity contribution in [2.75, 3.05) is 31.6 Å². The van der Waals surface area contributed by atoms with Crippen molar-refractivity contribution in [3.63, 3.8) is 0 Å². The third-order valence-electron chi connectivity index (χ3n) is 2.55. The molecule has 0 aromatic heterocycles. The van der Waals surface area contributed by atoms with Crippen molar-refractivity contribution in [3.05, 3.63) is 28.8 Å². The average Bonchev–Trinajstić information content (AvgIpc) is 2.39. The van der Waals surface area contributed by atoms with Crippen LogP contribution in [-0.2, 0) is 6.18 Å². The minimum atomic E-state index is -4.56. The lowest BCUT2D eigenvalue weighted by molar-refractivity contribution is -0.137. The van der Waals surface area contributed by atoms with E-state index in [1.165, 1.54) is 11.0 Å². The molecule has 0 bridgehead atoms. The molecular formula is C12H14ClF3N2O2S. The SMILES string of the molecule is OCCN(CCO)C(=S)Nc1ccc(Cl)c(C(F)(F)F)c1. The first kappa shape index (κ1) is 18.0. The lowest BCUT2D eigenvalue weighted by Crippen LogP contribution is -2.38. The van der Waals surface area contributed by atoms with Crippen LogP contribution in [0.15, 0.2) is 18.2 Å². The van der Waals surface area contributed by atoms with Gasteiger partial charge in [-0.2, -0.15) is 13.2 Å². The van der Waals surface area contributed by atoms with Gasteiger partial charge in [0.1, 0.15) is 0 Å². The molecule has 0 saturated carbocycles. The number of rotatable bonds is 5. The van der Waals surface area contributed by atoms with E-state index in [0.29, 0.717) is 0 Å². The number of alkyl halides is 3. The second kappa shape index (κ2) is 7.79. The van der Waals surface area contributed by atoms with Gasteiger partial charge >= 0.3 is 6.18 Å². The van der Waals surface area contributed by atoms with Crippen LogP contribution in [0.4, 0.5) is 18.9 Å². The standard InChI is InChI=1S/C12H14ClF3N2O2S/c13-10-2-1-8(7-9(10)12(14,15)16)17-11(21)18(3-5-19)4-6-20/h1-2,7,19-20H,3-6H2,(H,17,21). The van der Waals surface area contributed by atoms with Crippen molar-refractivity contribution in [1.29, 1.82) is 0 Å². The molecule has 0 amide bonds. The number of anilines is 1. The van der Waals surface area contributed by atoms with Crippen molar-refractivity contribution < 1.29 is 23.4 Å². The quantitative estimate of drug-likeness (QED) is 0.717. The maximum atomic E-state index is 12.7. The summed E-state index contributed by atoms with van der Waals surface area (Å²) in [6, 6.07) is 3.34. The third kappa shape index (κ3) is 5.31. The number of benzene rings is 1. The summed E-state index contributed by atoms with van der Waals surface area (Å²) in [7, 11) is 0. The Hall–Kier alpha value is -1.09. The van der Waals surface area contributed by atoms with Crippen molar-refractivity contribution in [2.24, 2.45) is 0 Å². The van der Waals surface area contributed by atoms with Gasteiger partial charge < -0.3 is 20.4 Å². The highest BCUT2D eigenvalue weighted by molar-refractivity contribution is 7.80. The Labute approximate surface area is 130 Å². The van der Waals surface area contributed by atoms with Crippen LogP contribution in [0.3, 0.4) is 0 Å². The van der Waals surface area contributed by atoms with Gasteiger partial charge in [0, 0.05) is 18.8 Å². The van der Waals surface area contributed by atoms with Gasteiger partial charge in [0.05, 0.1) is 23.8 Å². The van der Waals surface area contributed by atoms with Gasteiger partial charge in [-0.05, 0) is 30.4 Å². The Morgan fingerprint density at radius 3 is 2.29 bits per heavy atom. The lowest BCUT2D eigenvalue weighted by atomic mass is 10.2. The number of hydrogen-bond acceptors (Lipinski definition) is 3. The number of aliphatic hydroxyl groups excluding tert-OH is 2. The van der Waals surface area contributed by atoms with Crippen molar-refractivity contribution in [1.82, 2.24) is 4.90 Å². The fourth-order valence-corrected chi connectivity index (χ4v) is 2.10. The smallest absolute Gasteiger partial charge is 0.395 e. The van der Waals surface area contributed by atoms with Crippen LogP contribution >= 0.6 is 23.8 Å². The molecule has 0 aliphatic heterocycles. The molecule has 1 aromatic carbocycles. The summed E-state index contributed by atoms with van der Waals surface area (Å²) in [4.78, 5) is 1.44. The van der Waals surface area contributed by atoms with Crippen LogP contribution in [0.2, 0.25) is 5.02 Å². The first-order valence-corrected chi connectivity index (χ1v) is 6.72. The molecule has 0 atom stereocenters. The maximum Gasteiger partial charge on any atom is 0.417 e. The summed E-state index contributed by atoms with van der Waals surface area (Å²) in [6.07, 6.45) is -4.56. The molecule has 1 rings (SSSR count). The Bertz CT molecular complexity index is 494. The molecule has 1 aromatic rings. The number of thiocarbonyl (C=S) groups is 1. The zero-order valence-corrected chi connectivity index (χ0v) is 12.4. The average molecular weight is 343 g/mol. The van der Waals surface area contributed by atoms with Crippen LogP contribution < -0.4 is 5.32 Å². The summed E-state index contributed by atoms with van der Waals surface area (Å²) in [5.74, 6) is 0. The van der Waals surface area contributed by atoms with Crippen LogP contribution in [0, 0.1) is 0 Å². The monoisotopic (exact) mass is 342 g/mol. The Morgan fingerprint density at radius 2 is 1.81 bits per heavy atom. The van der Waals surface area contributed by atoms with Gasteiger partial charge in [-0.15, -0.1) is 0 Å². The number of halogens is 4. The van der Waals surface area contributed by atoms with E-state index in [4.69, 9.17) is 34.0 Å². The summed E-state index contributed by atoms with van der Waals surface area (Å²) in [5, 5.41) is 20.1. The molecule has 0 aliphatic carbocycles. The van der Waals surface area contributed by atoms with Crippen LogP contribution in [-0.4, -0.2) is 46.5 Å². The molecule has 0 spiro atoms. The Morgan fingerprint density at radius 1 is 1.24 bits per heavy atom. The maximum absolute atomic E-state index is 12.7. The van der Waals surface area contributed by atoms with E-state index >= 15 is 0 Å². The number of nitrogens with zero attached hydrogens (tertiary/aromatic N) is 1. The van der Waals surface area contributed by atoms with E-state index in [1.807, 2.05) is 0 Å². The Balaban J connectivity index is 2.90. The van der Waals surface area contributed by atoms with Gasteiger partial charge in [-0.3, -0.25) is 0 Å². The topological polar surface area (TPSA) is 55.7 Å². The normalized spacial score (nSPS) is 11.3. The van der Waals surface area contributed by atoms with Crippen molar-refractivity contribution >= 4 is 34.6 Å². The van der Waals surface area contributed by atoms with E-state index in [9.17, 15) is 13.2 Å². The van der Waals surface area contributed by atoms with Gasteiger partial charge in [0.2, 0.25) is 0 Å². The van der Waals surface area contributed by atoms with Crippen LogP contribution in [0.1, 0.15) is 5.56 Å². The molecule has 118 valence electrons. The highest BCUT2D eigenvalue weighted by Crippen LogP contribution is 2.36. The fourth-order valence-electron chi connectivity index (χ4n) is 1.58. The summed E-state index contributed by atoms with van der Waals surface area (Å²) < 4.78 is 38.2. The van der Waals surface area contributed by atoms with E-state index in [0.717, 1.165) is 12.1 Å². The molecule has 4 nitrogen and oxygen atoms in total. The molecule has 0 radical (unpaired) electrons. The van der Waals surface area contributed by atoms with Crippen molar-refractivity contribution in [3.8, 4) is 0 Å². The van der Waals surface area contributed by atoms with Gasteiger partial charge in [0.25, 0.3) is 0 Å². The minimum Gasteiger partial charge on any atom is -0.395 e. The first-order chi connectivity index (χ1) is 9.79. The molecule has 0 unspecified atom stereocenters. The second-order valence-electron chi connectivity index (χ2n) is 4.06. The minimum absolute atomic E-state index is 0.105. The molecule has 0 saturated heterocycles. The summed E-state index contributed by atoms with van der Waals surface area (Å²) in [6.45, 7) is -0.0787. The predicted octanol–water partition coefficient (Wildman–Crippen LogP) is 2.34. The zero-order valence-electron chi connectivity index (χ0n) is 10.8. The molecule has 3 N–H and O–H groups in total. The van der Waals surface area contributed by atoms with Gasteiger partial charge in [-0.1, -0.05) is 11.6 Å². The van der Waals surface area contributed by atoms with E-state index in [2.05, 4.69) is 5.32 Å². The number of hydrogen-bond donors (Lipinski definition) is 3. The summed E-state index contributed by atoms with van der Waals surface area (Å²) in [5.41, 5.74) is -0.842. The number of aliphatic hydroxyl groups is 2. The van der Waals surface area contributed by atoms with E-state index in [1.54, 1.807) is 0 Å². The highest BCUT2D eigenvalue weighted by atomic mass is 35.5. The molecule has 9 heteroatoms.